The van der Waals surface area contributed by atoms with Crippen LogP contribution in [0.3, 0.4) is 0 Å². The fraction of sp³-hybridized carbons (Fsp3) is 0.500. The van der Waals surface area contributed by atoms with Crippen molar-refractivity contribution in [2.75, 3.05) is 0 Å². The molecule has 0 unspecified atom stereocenters. The predicted octanol–water partition coefficient (Wildman–Crippen LogP) is 3.06. The zero-order chi connectivity index (χ0) is 12.7. The standard InChI is InChI=1S/C6H2F2.6CH3.2Sn/c7-5-1-2-6(8)4-3-5;;;;;;;;/h1,4H;6*1H3;;. The Morgan fingerprint density at radius 2 is 0.938 bits per heavy atom. The summed E-state index contributed by atoms with van der Waals surface area (Å²) in [6.07, 6.45) is 0. The zero-order valence-electron chi connectivity index (χ0n) is 10.9. The van der Waals surface area contributed by atoms with Crippen molar-refractivity contribution < 1.29 is 8.78 Å². The van der Waals surface area contributed by atoms with Gasteiger partial charge in [0.05, 0.1) is 0 Å². The van der Waals surface area contributed by atoms with Crippen LogP contribution in [0.1, 0.15) is 0 Å². The molecule has 0 saturated carbocycles. The molecule has 4 heteroatoms. The van der Waals surface area contributed by atoms with Crippen LogP contribution in [0.15, 0.2) is 12.1 Å². The van der Waals surface area contributed by atoms with Crippen LogP contribution in [-0.2, 0) is 0 Å². The van der Waals surface area contributed by atoms with Crippen molar-refractivity contribution in [3.05, 3.63) is 23.8 Å². The number of benzene rings is 1. The van der Waals surface area contributed by atoms with Gasteiger partial charge in [-0.1, -0.05) is 0 Å². The summed E-state index contributed by atoms with van der Waals surface area (Å²) in [5.74, 6) is -0.349. The average molecular weight is 440 g/mol. The molecule has 0 aliphatic heterocycles. The number of halogens is 2. The van der Waals surface area contributed by atoms with Crippen molar-refractivity contribution in [1.29, 1.82) is 0 Å². The second-order valence-corrected chi connectivity index (χ2v) is 35.1. The van der Waals surface area contributed by atoms with Gasteiger partial charge in [-0.25, -0.2) is 0 Å². The topological polar surface area (TPSA) is 0 Å². The zero-order valence-corrected chi connectivity index (χ0v) is 16.6. The molecule has 1 aromatic rings. The van der Waals surface area contributed by atoms with E-state index in [0.717, 1.165) is 0 Å². The molecule has 0 spiro atoms. The molecule has 0 N–H and O–H groups in total. The molecule has 16 heavy (non-hydrogen) atoms. The molecule has 1 rings (SSSR count). The van der Waals surface area contributed by atoms with Gasteiger partial charge < -0.3 is 0 Å². The molecule has 0 heterocycles. The monoisotopic (exact) mass is 442 g/mol. The summed E-state index contributed by atoms with van der Waals surface area (Å²) in [7, 11) is 0. The van der Waals surface area contributed by atoms with Crippen LogP contribution < -0.4 is 7.16 Å². The molecule has 0 aromatic heterocycles. The van der Waals surface area contributed by atoms with Gasteiger partial charge in [0, 0.05) is 0 Å². The van der Waals surface area contributed by atoms with E-state index in [0.29, 0.717) is 7.16 Å². The van der Waals surface area contributed by atoms with Crippen molar-refractivity contribution >= 4 is 43.9 Å². The first-order valence-electron chi connectivity index (χ1n) is 5.53. The Morgan fingerprint density at radius 3 is 1.12 bits per heavy atom. The van der Waals surface area contributed by atoms with Gasteiger partial charge in [-0.3, -0.25) is 0 Å². The normalized spacial score (nSPS) is 13.0. The van der Waals surface area contributed by atoms with E-state index in [1.807, 2.05) is 0 Å². The molecular formula is C12H20F2Sn2. The molecule has 0 aliphatic rings. The first-order valence-corrected chi connectivity index (χ1v) is 25.5. The second kappa shape index (κ2) is 4.75. The molecule has 0 atom stereocenters. The van der Waals surface area contributed by atoms with Crippen LogP contribution in [-0.4, -0.2) is 36.8 Å². The Balaban J connectivity index is 3.40. The van der Waals surface area contributed by atoms with Crippen molar-refractivity contribution in [3.63, 3.8) is 0 Å². The first-order chi connectivity index (χ1) is 7.03. The Kier molecular flexibility index (Phi) is 4.37. The maximum atomic E-state index is 14.0. The summed E-state index contributed by atoms with van der Waals surface area (Å²) in [4.78, 5) is 12.6. The van der Waals surface area contributed by atoms with Crippen LogP contribution >= 0.6 is 0 Å². The molecule has 0 fully saturated rings. The second-order valence-electron chi connectivity index (χ2n) is 6.31. The number of hydrogen-bond acceptors (Lipinski definition) is 0. The third kappa shape index (κ3) is 3.34. The summed E-state index contributed by atoms with van der Waals surface area (Å²) >= 11 is -5.03. The fourth-order valence-corrected chi connectivity index (χ4v) is 9.39. The van der Waals surface area contributed by atoms with E-state index in [2.05, 4.69) is 29.6 Å². The van der Waals surface area contributed by atoms with Gasteiger partial charge in [0.25, 0.3) is 0 Å². The van der Waals surface area contributed by atoms with Crippen molar-refractivity contribution in [1.82, 2.24) is 0 Å². The summed E-state index contributed by atoms with van der Waals surface area (Å²) in [5, 5.41) is 0. The van der Waals surface area contributed by atoms with Gasteiger partial charge in [0.2, 0.25) is 0 Å². The van der Waals surface area contributed by atoms with Gasteiger partial charge in [-0.15, -0.1) is 0 Å². The minimum absolute atomic E-state index is 0.175. The predicted molar refractivity (Wildman–Crippen MR) is 72.3 cm³/mol. The SMILES string of the molecule is [CH3][Sn]([CH3])([CH3])[c]1cc(F)[c]([Sn]([CH3])([CH3])[CH3])cc1F. The van der Waals surface area contributed by atoms with Crippen LogP contribution in [0.4, 0.5) is 8.78 Å². The minimum atomic E-state index is -2.52. The van der Waals surface area contributed by atoms with Crippen molar-refractivity contribution in [2.45, 2.75) is 29.6 Å². The molecule has 0 saturated heterocycles. The number of hydrogen-bond donors (Lipinski definition) is 0. The summed E-state index contributed by atoms with van der Waals surface area (Å²) < 4.78 is 29.3. The molecule has 1 aromatic carbocycles. The van der Waals surface area contributed by atoms with Gasteiger partial charge in [-0.05, 0) is 0 Å². The van der Waals surface area contributed by atoms with E-state index in [4.69, 9.17) is 0 Å². The third-order valence-electron chi connectivity index (χ3n) is 2.67. The van der Waals surface area contributed by atoms with Crippen molar-refractivity contribution in [3.8, 4) is 0 Å². The number of rotatable bonds is 2. The molecular weight excluding hydrogens is 420 g/mol. The quantitative estimate of drug-likeness (QED) is 0.622. The van der Waals surface area contributed by atoms with Gasteiger partial charge in [-0.2, -0.15) is 0 Å². The van der Waals surface area contributed by atoms with E-state index in [1.165, 1.54) is 12.1 Å². The van der Waals surface area contributed by atoms with Crippen LogP contribution in [0, 0.1) is 11.6 Å². The molecule has 0 nitrogen and oxygen atoms in total. The van der Waals surface area contributed by atoms with E-state index in [1.54, 1.807) is 0 Å². The fourth-order valence-electron chi connectivity index (χ4n) is 1.70. The van der Waals surface area contributed by atoms with Gasteiger partial charge >= 0.3 is 106 Å². The van der Waals surface area contributed by atoms with Crippen LogP contribution in [0.5, 0.6) is 0 Å². The third-order valence-corrected chi connectivity index (χ3v) is 14.1. The summed E-state index contributed by atoms with van der Waals surface area (Å²) in [5.41, 5.74) is 0. The summed E-state index contributed by atoms with van der Waals surface area (Å²) in [6.45, 7) is 0. The Labute approximate surface area is 105 Å². The van der Waals surface area contributed by atoms with E-state index < -0.39 is 36.8 Å². The molecule has 0 aliphatic carbocycles. The molecule has 90 valence electrons. The van der Waals surface area contributed by atoms with E-state index in [9.17, 15) is 8.78 Å². The Bertz CT molecular complexity index is 361. The molecule has 0 amide bonds. The van der Waals surface area contributed by atoms with Gasteiger partial charge in [0.15, 0.2) is 0 Å². The van der Waals surface area contributed by atoms with Crippen LogP contribution in [0.2, 0.25) is 29.6 Å². The molecule has 0 radical (unpaired) electrons. The molecule has 0 bridgehead atoms. The van der Waals surface area contributed by atoms with Gasteiger partial charge in [0.1, 0.15) is 0 Å². The van der Waals surface area contributed by atoms with E-state index in [-0.39, 0.29) is 11.6 Å². The average Bonchev–Trinajstić information content (AvgIpc) is 2.04. The summed E-state index contributed by atoms with van der Waals surface area (Å²) in [6, 6.07) is 2.95. The maximum absolute atomic E-state index is 14.0. The first kappa shape index (κ1) is 14.7. The van der Waals surface area contributed by atoms with E-state index >= 15 is 0 Å². The van der Waals surface area contributed by atoms with Crippen molar-refractivity contribution in [2.24, 2.45) is 0 Å². The Hall–Kier alpha value is 0.677. The Morgan fingerprint density at radius 1 is 0.688 bits per heavy atom. The van der Waals surface area contributed by atoms with Crippen LogP contribution in [0.25, 0.3) is 0 Å².